The van der Waals surface area contributed by atoms with E-state index in [1.54, 1.807) is 0 Å². The van der Waals surface area contributed by atoms with Crippen molar-refractivity contribution in [3.05, 3.63) is 282 Å². The molecule has 14 rings (SSSR count). The van der Waals surface area contributed by atoms with E-state index in [9.17, 15) is 0 Å². The Morgan fingerprint density at radius 3 is 1.50 bits per heavy atom. The molecule has 2 nitrogen and oxygen atoms in total. The van der Waals surface area contributed by atoms with Crippen LogP contribution in [-0.4, -0.2) is 0 Å². The van der Waals surface area contributed by atoms with E-state index < -0.39 is 5.41 Å². The fourth-order valence-corrected chi connectivity index (χ4v) is 12.4. The Balaban J connectivity index is 0.941. The normalized spacial score (nSPS) is 15.2. The van der Waals surface area contributed by atoms with Gasteiger partial charge in [0.15, 0.2) is 0 Å². The van der Waals surface area contributed by atoms with E-state index in [0.29, 0.717) is 0 Å². The summed E-state index contributed by atoms with van der Waals surface area (Å²) in [5.41, 5.74) is 24.6. The minimum Gasteiger partial charge on any atom is -0.458 e. The number of furan rings is 1. The zero-order valence-electron chi connectivity index (χ0n) is 39.0. The predicted molar refractivity (Wildman–Crippen MR) is 289 cm³/mol. The number of fused-ring (bicyclic) bond motifs is 13. The van der Waals surface area contributed by atoms with Gasteiger partial charge >= 0.3 is 0 Å². The van der Waals surface area contributed by atoms with Gasteiger partial charge in [-0.25, -0.2) is 0 Å². The molecule has 1 atom stereocenters. The maximum Gasteiger partial charge on any atom is 0.142 e. The van der Waals surface area contributed by atoms with Crippen molar-refractivity contribution in [2.24, 2.45) is 0 Å². The van der Waals surface area contributed by atoms with Crippen LogP contribution in [-0.2, 0) is 10.8 Å². The molecule has 0 N–H and O–H groups in total. The molecule has 0 radical (unpaired) electrons. The third-order valence-corrected chi connectivity index (χ3v) is 15.5. The van der Waals surface area contributed by atoms with Gasteiger partial charge in [0.1, 0.15) is 16.9 Å². The van der Waals surface area contributed by atoms with Crippen molar-refractivity contribution in [3.8, 4) is 78.1 Å². The first-order chi connectivity index (χ1) is 34.5. The molecule has 0 amide bonds. The fraction of sp³-hybridized carbons (Fsp3) is 0.0588. The zero-order chi connectivity index (χ0) is 46.6. The Labute approximate surface area is 409 Å². The number of anilines is 3. The summed E-state index contributed by atoms with van der Waals surface area (Å²) in [4.78, 5) is 2.45. The third kappa shape index (κ3) is 5.74. The molecule has 1 unspecified atom stereocenters. The lowest BCUT2D eigenvalue weighted by Crippen LogP contribution is -2.25. The van der Waals surface area contributed by atoms with Gasteiger partial charge in [-0.2, -0.15) is 0 Å². The Morgan fingerprint density at radius 2 is 0.800 bits per heavy atom. The van der Waals surface area contributed by atoms with Crippen LogP contribution in [0.4, 0.5) is 17.1 Å². The second-order valence-corrected chi connectivity index (χ2v) is 19.5. The van der Waals surface area contributed by atoms with Crippen LogP contribution < -0.4 is 4.90 Å². The van der Waals surface area contributed by atoms with Gasteiger partial charge < -0.3 is 9.32 Å². The topological polar surface area (TPSA) is 16.4 Å². The summed E-state index contributed by atoms with van der Waals surface area (Å²) in [5, 5.41) is 0. The molecular formula is C68H47NO. The number of rotatable bonds is 7. The summed E-state index contributed by atoms with van der Waals surface area (Å²) in [6.07, 6.45) is 0. The summed E-state index contributed by atoms with van der Waals surface area (Å²) in [7, 11) is 0. The summed E-state index contributed by atoms with van der Waals surface area (Å²) < 4.78 is 7.50. The monoisotopic (exact) mass is 893 g/mol. The molecule has 1 heterocycles. The second-order valence-electron chi connectivity index (χ2n) is 19.5. The average molecular weight is 894 g/mol. The highest BCUT2D eigenvalue weighted by molar-refractivity contribution is 6.03. The Hall–Kier alpha value is -8.72. The van der Waals surface area contributed by atoms with Gasteiger partial charge in [0.25, 0.3) is 0 Å². The van der Waals surface area contributed by atoms with Crippen LogP contribution in [0.15, 0.2) is 253 Å². The molecule has 0 saturated heterocycles. The SMILES string of the molecule is CC1(C)c2ccccc2-c2ccc(N(c3ccc(-c4ccc5c(c4)C4(c6ccccc6-5)c5ccccc5-c5c4oc(-c4ccccc4)c5-c4ccccc4)cc3)c3ccccc3-c3ccccc3)cc21. The van der Waals surface area contributed by atoms with Gasteiger partial charge in [0, 0.05) is 39.0 Å². The Bertz CT molecular complexity index is 3840. The van der Waals surface area contributed by atoms with Crippen molar-refractivity contribution < 1.29 is 4.42 Å². The van der Waals surface area contributed by atoms with Crippen LogP contribution in [0.3, 0.4) is 0 Å². The zero-order valence-corrected chi connectivity index (χ0v) is 39.0. The van der Waals surface area contributed by atoms with E-state index in [-0.39, 0.29) is 5.41 Å². The lowest BCUT2D eigenvalue weighted by atomic mass is 9.73. The van der Waals surface area contributed by atoms with E-state index in [2.05, 4.69) is 267 Å². The van der Waals surface area contributed by atoms with Gasteiger partial charge in [0.05, 0.1) is 5.69 Å². The molecule has 0 fully saturated rings. The molecular weight excluding hydrogens is 847 g/mol. The molecule has 1 spiro atoms. The van der Waals surface area contributed by atoms with E-state index in [0.717, 1.165) is 56.4 Å². The van der Waals surface area contributed by atoms with Gasteiger partial charge in [-0.3, -0.25) is 0 Å². The van der Waals surface area contributed by atoms with Crippen molar-refractivity contribution in [1.82, 2.24) is 0 Å². The Kier molecular flexibility index (Phi) is 8.88. The van der Waals surface area contributed by atoms with Crippen LogP contribution in [0.5, 0.6) is 0 Å². The molecule has 70 heavy (non-hydrogen) atoms. The average Bonchev–Trinajstić information content (AvgIpc) is 4.12. The minimum atomic E-state index is -0.663. The lowest BCUT2D eigenvalue weighted by Gasteiger charge is -2.30. The summed E-state index contributed by atoms with van der Waals surface area (Å²) >= 11 is 0. The maximum atomic E-state index is 7.50. The van der Waals surface area contributed by atoms with Crippen LogP contribution in [0.2, 0.25) is 0 Å². The van der Waals surface area contributed by atoms with Crippen molar-refractivity contribution in [1.29, 1.82) is 0 Å². The number of hydrogen-bond donors (Lipinski definition) is 0. The third-order valence-electron chi connectivity index (χ3n) is 15.5. The van der Waals surface area contributed by atoms with Gasteiger partial charge in [-0.1, -0.05) is 226 Å². The second kappa shape index (κ2) is 15.4. The van der Waals surface area contributed by atoms with Crippen molar-refractivity contribution in [2.75, 3.05) is 4.90 Å². The fourth-order valence-electron chi connectivity index (χ4n) is 12.4. The van der Waals surface area contributed by atoms with E-state index in [1.165, 1.54) is 72.3 Å². The number of para-hydroxylation sites is 1. The molecule has 11 aromatic rings. The van der Waals surface area contributed by atoms with Gasteiger partial charge in [-0.15, -0.1) is 0 Å². The first kappa shape index (κ1) is 40.4. The molecule has 330 valence electrons. The standard InChI is InChI=1S/C68H47NO/c1-67(2)57-30-16-12-27-52(57)54-41-39-50(43-60(54)67)69(62-33-19-15-26-51(62)45-20-6-3-7-21-45)49-37-34-44(35-38-49)48-36-40-55-53-28-13-17-31-58(53)68(61(55)42-48)59-32-18-14-29-56(59)64-63(46-22-8-4-9-23-46)65(70-66(64)68)47-24-10-5-11-25-47/h3-43H,1-2H3. The largest absolute Gasteiger partial charge is 0.458 e. The smallest absolute Gasteiger partial charge is 0.142 e. The summed E-state index contributed by atoms with van der Waals surface area (Å²) in [6.45, 7) is 4.72. The minimum absolute atomic E-state index is 0.135. The van der Waals surface area contributed by atoms with Crippen molar-refractivity contribution in [2.45, 2.75) is 24.7 Å². The van der Waals surface area contributed by atoms with Crippen LogP contribution in [0.25, 0.3) is 78.1 Å². The molecule has 0 bridgehead atoms. The van der Waals surface area contributed by atoms with Crippen LogP contribution >= 0.6 is 0 Å². The predicted octanol–water partition coefficient (Wildman–Crippen LogP) is 18.1. The number of nitrogens with zero attached hydrogens (tertiary/aromatic N) is 1. The first-order valence-electron chi connectivity index (χ1n) is 24.4. The van der Waals surface area contributed by atoms with E-state index >= 15 is 0 Å². The lowest BCUT2D eigenvalue weighted by molar-refractivity contribution is 0.485. The quantitative estimate of drug-likeness (QED) is 0.158. The first-order valence-corrected chi connectivity index (χ1v) is 24.4. The summed E-state index contributed by atoms with van der Waals surface area (Å²) in [6, 6.07) is 91.2. The molecule has 2 heteroatoms. The van der Waals surface area contributed by atoms with Crippen LogP contribution in [0, 0.1) is 0 Å². The van der Waals surface area contributed by atoms with Crippen molar-refractivity contribution in [3.63, 3.8) is 0 Å². The molecule has 0 saturated carbocycles. The molecule has 10 aromatic carbocycles. The maximum absolute atomic E-state index is 7.50. The van der Waals surface area contributed by atoms with Crippen molar-refractivity contribution >= 4 is 17.1 Å². The highest BCUT2D eigenvalue weighted by Crippen LogP contribution is 2.66. The molecule has 1 aromatic heterocycles. The highest BCUT2D eigenvalue weighted by Gasteiger charge is 2.55. The summed E-state index contributed by atoms with van der Waals surface area (Å²) in [5.74, 6) is 1.89. The highest BCUT2D eigenvalue weighted by atomic mass is 16.3. The number of benzene rings is 10. The number of hydrogen-bond acceptors (Lipinski definition) is 2. The molecule has 0 aliphatic heterocycles. The van der Waals surface area contributed by atoms with Gasteiger partial charge in [-0.05, 0) is 114 Å². The molecule has 3 aliphatic rings. The van der Waals surface area contributed by atoms with Gasteiger partial charge in [0.2, 0.25) is 0 Å². The van der Waals surface area contributed by atoms with E-state index in [4.69, 9.17) is 4.42 Å². The molecule has 3 aliphatic carbocycles. The van der Waals surface area contributed by atoms with E-state index in [1.807, 2.05) is 0 Å². The van der Waals surface area contributed by atoms with Crippen LogP contribution in [0.1, 0.15) is 47.4 Å². The Morgan fingerprint density at radius 1 is 0.314 bits per heavy atom.